The molecule has 1 atom stereocenters. The fourth-order valence-electron chi connectivity index (χ4n) is 2.70. The van der Waals surface area contributed by atoms with Crippen molar-refractivity contribution < 1.29 is 19.8 Å². The fourth-order valence-corrected chi connectivity index (χ4v) is 2.70. The largest absolute Gasteiger partial charge is 0.478 e. The molecule has 0 saturated heterocycles. The van der Waals surface area contributed by atoms with E-state index in [1.165, 1.54) is 0 Å². The maximum atomic E-state index is 11.4. The molecule has 0 heterocycles. The quantitative estimate of drug-likeness (QED) is 0.739. The van der Waals surface area contributed by atoms with Gasteiger partial charge in [0.2, 0.25) is 0 Å². The van der Waals surface area contributed by atoms with Gasteiger partial charge in [-0.25, -0.2) is 9.59 Å². The maximum absolute atomic E-state index is 11.4. The third-order valence-corrected chi connectivity index (χ3v) is 3.87. The predicted molar refractivity (Wildman–Crippen MR) is 68.3 cm³/mol. The van der Waals surface area contributed by atoms with Gasteiger partial charge in [-0.15, -0.1) is 0 Å². The molecule has 0 aromatic heterocycles. The van der Waals surface area contributed by atoms with Crippen molar-refractivity contribution in [3.63, 3.8) is 0 Å². The first-order valence-corrected chi connectivity index (χ1v) is 6.69. The van der Waals surface area contributed by atoms with Crippen LogP contribution in [0.25, 0.3) is 0 Å². The minimum absolute atomic E-state index is 0.0867. The van der Waals surface area contributed by atoms with E-state index in [1.807, 2.05) is 6.92 Å². The number of hydrogen-bond donors (Lipinski definition) is 2. The number of carbonyl (C=O) groups is 2. The van der Waals surface area contributed by atoms with Crippen LogP contribution in [0.1, 0.15) is 52.4 Å². The van der Waals surface area contributed by atoms with Gasteiger partial charge in [-0.2, -0.15) is 0 Å². The maximum Gasteiger partial charge on any atom is 0.332 e. The van der Waals surface area contributed by atoms with Crippen LogP contribution in [0.5, 0.6) is 0 Å². The van der Waals surface area contributed by atoms with E-state index in [0.29, 0.717) is 6.42 Å². The predicted octanol–water partition coefficient (Wildman–Crippen LogP) is 3.08. The van der Waals surface area contributed by atoms with E-state index in [-0.39, 0.29) is 23.0 Å². The Kier molecular flexibility index (Phi) is 5.38. The number of aliphatic carboxylic acids is 2. The van der Waals surface area contributed by atoms with Crippen LogP contribution in [0.15, 0.2) is 11.1 Å². The molecule has 0 aliphatic heterocycles. The smallest absolute Gasteiger partial charge is 0.332 e. The third kappa shape index (κ3) is 3.34. The zero-order valence-corrected chi connectivity index (χ0v) is 11.1. The van der Waals surface area contributed by atoms with E-state index in [4.69, 9.17) is 0 Å². The lowest BCUT2D eigenvalue weighted by Crippen LogP contribution is -2.23. The van der Waals surface area contributed by atoms with Gasteiger partial charge < -0.3 is 10.2 Å². The van der Waals surface area contributed by atoms with Crippen molar-refractivity contribution in [2.75, 3.05) is 0 Å². The Morgan fingerprint density at radius 1 is 1.11 bits per heavy atom. The van der Waals surface area contributed by atoms with Crippen LogP contribution in [0.3, 0.4) is 0 Å². The fraction of sp³-hybridized carbons (Fsp3) is 0.714. The molecule has 1 unspecified atom stereocenters. The second kappa shape index (κ2) is 6.57. The Hall–Kier alpha value is -1.32. The summed E-state index contributed by atoms with van der Waals surface area (Å²) >= 11 is 0. The molecule has 0 amide bonds. The van der Waals surface area contributed by atoms with Crippen LogP contribution in [0.2, 0.25) is 0 Å². The van der Waals surface area contributed by atoms with Crippen molar-refractivity contribution >= 4 is 11.9 Å². The summed E-state index contributed by atoms with van der Waals surface area (Å²) in [5.74, 6) is -2.43. The van der Waals surface area contributed by atoms with E-state index in [0.717, 1.165) is 32.1 Å². The molecule has 0 aromatic rings. The normalized spacial score (nSPS) is 20.1. The van der Waals surface area contributed by atoms with Gasteiger partial charge in [0.15, 0.2) is 0 Å². The SMILES string of the molecule is CCC(C)/C(C(=O)O)=C(/C(=O)O)C1CCCCC1. The second-order valence-corrected chi connectivity index (χ2v) is 5.08. The van der Waals surface area contributed by atoms with Crippen LogP contribution in [-0.4, -0.2) is 22.2 Å². The average Bonchev–Trinajstić information content (AvgIpc) is 2.35. The van der Waals surface area contributed by atoms with Gasteiger partial charge in [0.25, 0.3) is 0 Å². The summed E-state index contributed by atoms with van der Waals surface area (Å²) in [7, 11) is 0. The Morgan fingerprint density at radius 2 is 1.67 bits per heavy atom. The van der Waals surface area contributed by atoms with Gasteiger partial charge >= 0.3 is 11.9 Å². The van der Waals surface area contributed by atoms with E-state index in [2.05, 4.69) is 0 Å². The third-order valence-electron chi connectivity index (χ3n) is 3.87. The Labute approximate surface area is 108 Å². The minimum atomic E-state index is -1.08. The van der Waals surface area contributed by atoms with Crippen molar-refractivity contribution in [1.82, 2.24) is 0 Å². The van der Waals surface area contributed by atoms with Crippen LogP contribution < -0.4 is 0 Å². The van der Waals surface area contributed by atoms with Gasteiger partial charge in [0, 0.05) is 0 Å². The highest BCUT2D eigenvalue weighted by molar-refractivity contribution is 5.99. The Balaban J connectivity index is 3.18. The summed E-state index contributed by atoms with van der Waals surface area (Å²) in [6, 6.07) is 0. The summed E-state index contributed by atoms with van der Waals surface area (Å²) in [6.45, 7) is 3.67. The molecule has 0 radical (unpaired) electrons. The molecule has 1 rings (SSSR count). The van der Waals surface area contributed by atoms with Gasteiger partial charge in [-0.3, -0.25) is 0 Å². The average molecular weight is 254 g/mol. The minimum Gasteiger partial charge on any atom is -0.478 e. The standard InChI is InChI=1S/C14H22O4/c1-3-9(2)11(13(15)16)12(14(17)18)10-7-5-4-6-8-10/h9-10H,3-8H2,1-2H3,(H,15,16)(H,17,18)/b12-11-. The highest BCUT2D eigenvalue weighted by atomic mass is 16.4. The second-order valence-electron chi connectivity index (χ2n) is 5.08. The van der Waals surface area contributed by atoms with Crippen LogP contribution >= 0.6 is 0 Å². The highest BCUT2D eigenvalue weighted by Crippen LogP contribution is 2.34. The molecule has 102 valence electrons. The van der Waals surface area contributed by atoms with Crippen molar-refractivity contribution in [1.29, 1.82) is 0 Å². The summed E-state index contributed by atoms with van der Waals surface area (Å²) in [6.07, 6.45) is 5.35. The zero-order chi connectivity index (χ0) is 13.7. The number of carboxylic acids is 2. The molecule has 0 aromatic carbocycles. The molecule has 1 aliphatic rings. The molecule has 1 saturated carbocycles. The van der Waals surface area contributed by atoms with Gasteiger partial charge in [-0.1, -0.05) is 33.1 Å². The van der Waals surface area contributed by atoms with Crippen molar-refractivity contribution in [2.24, 2.45) is 11.8 Å². The molecule has 2 N–H and O–H groups in total. The zero-order valence-electron chi connectivity index (χ0n) is 11.1. The van der Waals surface area contributed by atoms with E-state index >= 15 is 0 Å². The molecule has 4 nitrogen and oxygen atoms in total. The number of rotatable bonds is 5. The van der Waals surface area contributed by atoms with Crippen molar-refractivity contribution in [3.8, 4) is 0 Å². The van der Waals surface area contributed by atoms with Crippen LogP contribution in [0, 0.1) is 11.8 Å². The number of hydrogen-bond acceptors (Lipinski definition) is 2. The molecule has 1 fully saturated rings. The van der Waals surface area contributed by atoms with E-state index in [1.54, 1.807) is 6.92 Å². The molecule has 0 spiro atoms. The highest BCUT2D eigenvalue weighted by Gasteiger charge is 2.30. The van der Waals surface area contributed by atoms with Gasteiger partial charge in [0.05, 0.1) is 11.1 Å². The molecular weight excluding hydrogens is 232 g/mol. The first kappa shape index (κ1) is 14.7. The molecule has 0 bridgehead atoms. The van der Waals surface area contributed by atoms with E-state index < -0.39 is 11.9 Å². The van der Waals surface area contributed by atoms with E-state index in [9.17, 15) is 19.8 Å². The molecule has 18 heavy (non-hydrogen) atoms. The topological polar surface area (TPSA) is 74.6 Å². The Morgan fingerprint density at radius 3 is 2.06 bits per heavy atom. The lowest BCUT2D eigenvalue weighted by atomic mass is 9.79. The monoisotopic (exact) mass is 254 g/mol. The van der Waals surface area contributed by atoms with Gasteiger partial charge in [0.1, 0.15) is 0 Å². The molecular formula is C14H22O4. The summed E-state index contributed by atoms with van der Waals surface area (Å²) in [4.78, 5) is 22.8. The van der Waals surface area contributed by atoms with Crippen molar-refractivity contribution in [3.05, 3.63) is 11.1 Å². The number of carboxylic acid groups (broad SMARTS) is 2. The van der Waals surface area contributed by atoms with Crippen molar-refractivity contribution in [2.45, 2.75) is 52.4 Å². The van der Waals surface area contributed by atoms with Gasteiger partial charge in [-0.05, 0) is 31.1 Å². The Bertz CT molecular complexity index is 351. The summed E-state index contributed by atoms with van der Waals surface area (Å²) < 4.78 is 0. The first-order chi connectivity index (χ1) is 8.49. The summed E-state index contributed by atoms with van der Waals surface area (Å²) in [5.41, 5.74) is 0.258. The van der Waals surface area contributed by atoms with Crippen LogP contribution in [0.4, 0.5) is 0 Å². The molecule has 4 heteroatoms. The molecule has 1 aliphatic carbocycles. The lowest BCUT2D eigenvalue weighted by molar-refractivity contribution is -0.137. The summed E-state index contributed by atoms with van der Waals surface area (Å²) in [5, 5.41) is 18.7. The first-order valence-electron chi connectivity index (χ1n) is 6.69. The van der Waals surface area contributed by atoms with Crippen LogP contribution in [-0.2, 0) is 9.59 Å². The lowest BCUT2D eigenvalue weighted by Gasteiger charge is -2.25.